The van der Waals surface area contributed by atoms with E-state index >= 15 is 0 Å². The van der Waals surface area contributed by atoms with Crippen LogP contribution in [0.3, 0.4) is 0 Å². The molecule has 4 fully saturated rings. The smallest absolute Gasteiger partial charge is 0.0141 e. The normalized spacial score (nSPS) is 58.2. The predicted octanol–water partition coefficient (Wildman–Crippen LogP) is 4.35. The van der Waals surface area contributed by atoms with Gasteiger partial charge < -0.3 is 0 Å². The largest absolute Gasteiger partial charge is 0.0654 e. The fourth-order valence-electron chi connectivity index (χ4n) is 7.21. The van der Waals surface area contributed by atoms with Crippen molar-refractivity contribution in [3.05, 3.63) is 0 Å². The molecule has 0 aromatic heterocycles. The highest BCUT2D eigenvalue weighted by Crippen LogP contribution is 3.06. The maximum atomic E-state index is 2.55. The molecular formula is C15H26. The monoisotopic (exact) mass is 206 g/mol. The second kappa shape index (κ2) is 2.31. The van der Waals surface area contributed by atoms with Crippen LogP contribution in [0, 0.1) is 39.9 Å². The molecule has 2 bridgehead atoms. The molecule has 0 amide bonds. The number of hydrogen-bond donors (Lipinski definition) is 0. The summed E-state index contributed by atoms with van der Waals surface area (Å²) in [6.07, 6.45) is 2.88. The van der Waals surface area contributed by atoms with Gasteiger partial charge in [-0.15, -0.1) is 0 Å². The highest BCUT2D eigenvalue weighted by atomic mass is 15.1. The Morgan fingerprint density at radius 2 is 1.80 bits per heavy atom. The van der Waals surface area contributed by atoms with E-state index < -0.39 is 0 Å². The Kier molecular flexibility index (Phi) is 1.57. The summed E-state index contributed by atoms with van der Waals surface area (Å²) in [5.74, 6) is 4.11. The van der Waals surface area contributed by atoms with E-state index in [1.54, 1.807) is 0 Å². The molecule has 0 saturated heterocycles. The molecule has 0 N–H and O–H groups in total. The Hall–Kier alpha value is 0. The zero-order valence-corrected chi connectivity index (χ0v) is 11.2. The van der Waals surface area contributed by atoms with Crippen LogP contribution in [0.1, 0.15) is 54.4 Å². The molecule has 0 heterocycles. The van der Waals surface area contributed by atoms with Crippen molar-refractivity contribution in [2.75, 3.05) is 0 Å². The predicted molar refractivity (Wildman–Crippen MR) is 64.5 cm³/mol. The van der Waals surface area contributed by atoms with Crippen LogP contribution >= 0.6 is 0 Å². The minimum absolute atomic E-state index is 0.651. The first-order valence-corrected chi connectivity index (χ1v) is 6.91. The molecule has 5 atom stereocenters. The Bertz CT molecular complexity index is 314. The minimum Gasteiger partial charge on any atom is -0.0654 e. The molecule has 0 nitrogen and oxygen atoms in total. The van der Waals surface area contributed by atoms with Gasteiger partial charge in [-0.25, -0.2) is 0 Å². The van der Waals surface area contributed by atoms with Gasteiger partial charge in [0.05, 0.1) is 0 Å². The summed E-state index contributed by atoms with van der Waals surface area (Å²) < 4.78 is 0. The van der Waals surface area contributed by atoms with E-state index in [2.05, 4.69) is 41.5 Å². The molecule has 4 aliphatic carbocycles. The van der Waals surface area contributed by atoms with Crippen molar-refractivity contribution in [3.63, 3.8) is 0 Å². The lowest BCUT2D eigenvalue weighted by Crippen LogP contribution is -2.77. The molecule has 86 valence electrons. The molecule has 1 spiro atoms. The van der Waals surface area contributed by atoms with Gasteiger partial charge in [0.2, 0.25) is 0 Å². The van der Waals surface area contributed by atoms with Gasteiger partial charge in [-0.05, 0) is 46.3 Å². The SMILES string of the molecule is CCCC1C2C3(C(C)C)C(C)C12C3(C)C. The molecule has 0 heteroatoms. The second-order valence-corrected chi connectivity index (χ2v) is 7.24. The zero-order valence-electron chi connectivity index (χ0n) is 11.2. The summed E-state index contributed by atoms with van der Waals surface area (Å²) >= 11 is 0. The van der Waals surface area contributed by atoms with Crippen LogP contribution < -0.4 is 0 Å². The number of rotatable bonds is 3. The van der Waals surface area contributed by atoms with Gasteiger partial charge in [0.15, 0.2) is 0 Å². The highest BCUT2D eigenvalue weighted by molar-refractivity contribution is 5.48. The maximum absolute atomic E-state index is 2.55. The fourth-order valence-corrected chi connectivity index (χ4v) is 7.21. The summed E-state index contributed by atoms with van der Waals surface area (Å²) in [6.45, 7) is 14.9. The van der Waals surface area contributed by atoms with E-state index in [0.717, 1.165) is 29.1 Å². The van der Waals surface area contributed by atoms with Crippen LogP contribution in [0.4, 0.5) is 0 Å². The summed E-state index contributed by atoms with van der Waals surface area (Å²) in [5, 5.41) is 0. The van der Waals surface area contributed by atoms with E-state index in [1.807, 2.05) is 0 Å². The van der Waals surface area contributed by atoms with Crippen molar-refractivity contribution in [2.24, 2.45) is 39.9 Å². The van der Waals surface area contributed by atoms with Crippen molar-refractivity contribution in [1.82, 2.24) is 0 Å². The van der Waals surface area contributed by atoms with Gasteiger partial charge in [0.25, 0.3) is 0 Å². The van der Waals surface area contributed by atoms with Crippen LogP contribution in [-0.4, -0.2) is 0 Å². The fraction of sp³-hybridized carbons (Fsp3) is 1.00. The molecule has 5 unspecified atom stereocenters. The first-order chi connectivity index (χ1) is 6.91. The lowest BCUT2D eigenvalue weighted by molar-refractivity contribution is -0.344. The molecule has 15 heavy (non-hydrogen) atoms. The lowest BCUT2D eigenvalue weighted by Gasteiger charge is -2.81. The third kappa shape index (κ3) is 0.579. The van der Waals surface area contributed by atoms with Crippen molar-refractivity contribution in [1.29, 1.82) is 0 Å². The van der Waals surface area contributed by atoms with Crippen molar-refractivity contribution >= 4 is 0 Å². The summed E-state index contributed by atoms with van der Waals surface area (Å²) in [5.41, 5.74) is 2.16. The first kappa shape index (κ1) is 10.2. The van der Waals surface area contributed by atoms with E-state index in [0.29, 0.717) is 10.8 Å². The van der Waals surface area contributed by atoms with Crippen molar-refractivity contribution < 1.29 is 0 Å². The molecule has 0 aliphatic heterocycles. The van der Waals surface area contributed by atoms with Crippen LogP contribution in [-0.2, 0) is 0 Å². The summed E-state index contributed by atoms with van der Waals surface area (Å²) in [7, 11) is 0. The lowest BCUT2D eigenvalue weighted by atomic mass is 9.23. The first-order valence-electron chi connectivity index (χ1n) is 6.91. The van der Waals surface area contributed by atoms with Gasteiger partial charge >= 0.3 is 0 Å². The van der Waals surface area contributed by atoms with E-state index in [4.69, 9.17) is 0 Å². The molecule has 4 rings (SSSR count). The molecular weight excluding hydrogens is 180 g/mol. The highest BCUT2D eigenvalue weighted by Gasteiger charge is 3.02. The summed E-state index contributed by atoms with van der Waals surface area (Å²) in [6, 6.07) is 0. The van der Waals surface area contributed by atoms with Crippen molar-refractivity contribution in [2.45, 2.75) is 54.4 Å². The van der Waals surface area contributed by atoms with Gasteiger partial charge in [0.1, 0.15) is 0 Å². The van der Waals surface area contributed by atoms with Gasteiger partial charge in [-0.3, -0.25) is 0 Å². The topological polar surface area (TPSA) is 0 Å². The van der Waals surface area contributed by atoms with E-state index in [1.165, 1.54) is 12.8 Å². The van der Waals surface area contributed by atoms with Crippen LogP contribution in [0.15, 0.2) is 0 Å². The van der Waals surface area contributed by atoms with E-state index in [9.17, 15) is 0 Å². The van der Waals surface area contributed by atoms with Crippen LogP contribution in [0.2, 0.25) is 0 Å². The third-order valence-corrected chi connectivity index (χ3v) is 7.09. The summed E-state index contributed by atoms with van der Waals surface area (Å²) in [4.78, 5) is 0. The second-order valence-electron chi connectivity index (χ2n) is 7.24. The molecule has 0 radical (unpaired) electrons. The average Bonchev–Trinajstić information content (AvgIpc) is 2.67. The quantitative estimate of drug-likeness (QED) is 0.644. The van der Waals surface area contributed by atoms with Gasteiger partial charge in [0, 0.05) is 0 Å². The molecule has 4 aliphatic rings. The third-order valence-electron chi connectivity index (χ3n) is 7.09. The van der Waals surface area contributed by atoms with Crippen LogP contribution in [0.5, 0.6) is 0 Å². The van der Waals surface area contributed by atoms with Crippen LogP contribution in [0.25, 0.3) is 0 Å². The van der Waals surface area contributed by atoms with Gasteiger partial charge in [-0.1, -0.05) is 48.0 Å². The Balaban J connectivity index is 1.95. The average molecular weight is 206 g/mol. The maximum Gasteiger partial charge on any atom is -0.0141 e. The molecule has 0 aromatic rings. The molecule has 4 saturated carbocycles. The zero-order chi connectivity index (χ0) is 11.2. The van der Waals surface area contributed by atoms with E-state index in [-0.39, 0.29) is 0 Å². The number of hydrogen-bond acceptors (Lipinski definition) is 0. The Morgan fingerprint density at radius 1 is 1.20 bits per heavy atom. The Morgan fingerprint density at radius 3 is 2.13 bits per heavy atom. The standard InChI is InChI=1S/C15H26/c1-7-8-11-12-14(9(2)3)10(4)15(11,12)13(14,5)6/h9-12H,7-8H2,1-6H3. The Labute approximate surface area is 94.8 Å². The van der Waals surface area contributed by atoms with Crippen molar-refractivity contribution in [3.8, 4) is 0 Å². The molecule has 0 aromatic carbocycles. The van der Waals surface area contributed by atoms with Gasteiger partial charge in [-0.2, -0.15) is 0 Å². The minimum atomic E-state index is 0.651.